The van der Waals surface area contributed by atoms with E-state index in [1.807, 2.05) is 20.8 Å². The summed E-state index contributed by atoms with van der Waals surface area (Å²) in [5.74, 6) is -0.0677. The number of amides is 3. The molecule has 1 heterocycles. The van der Waals surface area contributed by atoms with Crippen molar-refractivity contribution in [1.29, 1.82) is 0 Å². The van der Waals surface area contributed by atoms with Crippen LogP contribution in [0.4, 0.5) is 4.79 Å². The van der Waals surface area contributed by atoms with Crippen molar-refractivity contribution in [2.45, 2.75) is 116 Å². The van der Waals surface area contributed by atoms with Crippen molar-refractivity contribution in [3.05, 3.63) is 19.2 Å². The van der Waals surface area contributed by atoms with Crippen molar-refractivity contribution in [3.63, 3.8) is 0 Å². The van der Waals surface area contributed by atoms with Crippen LogP contribution in [0.5, 0.6) is 0 Å². The van der Waals surface area contributed by atoms with Crippen LogP contribution >= 0.6 is 0 Å². The van der Waals surface area contributed by atoms with Gasteiger partial charge in [-0.05, 0) is 18.3 Å². The van der Waals surface area contributed by atoms with Crippen molar-refractivity contribution in [2.24, 2.45) is 5.41 Å². The molecule has 3 fully saturated rings. The second-order valence-corrected chi connectivity index (χ2v) is 12.6. The number of nitrogens with one attached hydrogen (secondary N) is 2. The van der Waals surface area contributed by atoms with Crippen molar-refractivity contribution >= 4 is 16.0 Å². The topological polar surface area (TPSA) is 61.4 Å². The Labute approximate surface area is 206 Å². The van der Waals surface area contributed by atoms with Crippen LogP contribution in [0.1, 0.15) is 104 Å². The van der Waals surface area contributed by atoms with Gasteiger partial charge in [-0.3, -0.25) is 4.79 Å². The van der Waals surface area contributed by atoms with Gasteiger partial charge in [0.15, 0.2) is 0 Å². The molecule has 3 aliphatic rings. The molecule has 0 aromatic rings. The summed E-state index contributed by atoms with van der Waals surface area (Å²) in [6.45, 7) is 14.8. The molecule has 1 atom stereocenters. The van der Waals surface area contributed by atoms with Crippen LogP contribution in [-0.4, -0.2) is 39.0 Å². The van der Waals surface area contributed by atoms with Gasteiger partial charge in [0, 0.05) is 12.2 Å². The summed E-state index contributed by atoms with van der Waals surface area (Å²) in [5, 5.41) is 5.90. The Bertz CT molecular complexity index is 667. The average Bonchev–Trinajstić information content (AvgIpc) is 2.99. The Kier molecular flexibility index (Phi) is 10.6. The predicted octanol–water partition coefficient (Wildman–Crippen LogP) is 5.43. The number of carbonyl (C=O) groups excluding carboxylic acids is 2. The van der Waals surface area contributed by atoms with Crippen LogP contribution in [0.3, 0.4) is 0 Å². The first-order chi connectivity index (χ1) is 15.0. The Balaban J connectivity index is 0.000000380. The Morgan fingerprint density at radius 3 is 2.06 bits per heavy atom. The molecule has 0 unspecified atom stereocenters. The third kappa shape index (κ3) is 8.73. The van der Waals surface area contributed by atoms with Crippen LogP contribution in [0.25, 0.3) is 0 Å². The van der Waals surface area contributed by atoms with E-state index in [-0.39, 0.29) is 17.4 Å². The van der Waals surface area contributed by atoms with E-state index in [1.165, 1.54) is 44.9 Å². The first-order valence-electron chi connectivity index (χ1n) is 12.4. The molecule has 184 valence electrons. The third-order valence-electron chi connectivity index (χ3n) is 6.71. The van der Waals surface area contributed by atoms with E-state index >= 15 is 0 Å². The van der Waals surface area contributed by atoms with Gasteiger partial charge in [-0.15, -0.1) is 0 Å². The third-order valence-corrected chi connectivity index (χ3v) is 7.98. The van der Waals surface area contributed by atoms with Gasteiger partial charge < -0.3 is 22.5 Å². The fourth-order valence-electron chi connectivity index (χ4n) is 4.67. The molecule has 5 nitrogen and oxygen atoms in total. The summed E-state index contributed by atoms with van der Waals surface area (Å²) in [5.41, 5.74) is 0.0563. The van der Waals surface area contributed by atoms with Crippen LogP contribution in [0, 0.1) is 12.3 Å². The Morgan fingerprint density at radius 2 is 1.56 bits per heavy atom. The molecule has 2 saturated carbocycles. The van der Waals surface area contributed by atoms with Crippen molar-refractivity contribution in [3.8, 4) is 0 Å². The van der Waals surface area contributed by atoms with Crippen molar-refractivity contribution < 1.29 is 27.7 Å². The first-order valence-corrected chi connectivity index (χ1v) is 13.7. The van der Waals surface area contributed by atoms with E-state index in [4.69, 9.17) is 0 Å². The van der Waals surface area contributed by atoms with Crippen LogP contribution < -0.4 is 10.6 Å². The standard InChI is InChI=1S/C19H32N3O2.C7H12.Os/c1-14-10-9-13-22(14)16(23)15(18(2,3)4)20-17(24)21-19(5)11-7-6-8-12-19;1-2-4-6-7-5-3-1;/h15H,1,5-13H2,2-4H3,(H2,20,21,24);1-6H2;/q-1;;/t15-;;/m1../s1. The Morgan fingerprint density at radius 1 is 1.00 bits per heavy atom. The number of hydrogen-bond donors (Lipinski definition) is 2. The zero-order valence-electron chi connectivity index (χ0n) is 20.5. The number of carbonyl (C=O) groups is 2. The van der Waals surface area contributed by atoms with Gasteiger partial charge in [0.1, 0.15) is 6.04 Å². The summed E-state index contributed by atoms with van der Waals surface area (Å²) in [7, 11) is 0. The predicted molar refractivity (Wildman–Crippen MR) is 129 cm³/mol. The van der Waals surface area contributed by atoms with Gasteiger partial charge in [0.05, 0.1) is 0 Å². The number of allylic oxidation sites excluding steroid dienone is 1. The van der Waals surface area contributed by atoms with Crippen LogP contribution in [-0.2, 0) is 22.9 Å². The second kappa shape index (κ2) is 12.4. The minimum atomic E-state index is -0.584. The molecule has 0 aromatic carbocycles. The van der Waals surface area contributed by atoms with E-state index in [2.05, 4.69) is 42.3 Å². The van der Waals surface area contributed by atoms with Gasteiger partial charge in [0.2, 0.25) is 5.91 Å². The molecule has 6 heteroatoms. The molecule has 0 aromatic heterocycles. The van der Waals surface area contributed by atoms with Gasteiger partial charge in [0.25, 0.3) is 0 Å². The molecule has 0 bridgehead atoms. The van der Waals surface area contributed by atoms with E-state index in [9.17, 15) is 9.59 Å². The summed E-state index contributed by atoms with van der Waals surface area (Å²) >= 11 is 2.11. The molecule has 2 N–H and O–H groups in total. The van der Waals surface area contributed by atoms with Gasteiger partial charge in [-0.25, -0.2) is 4.79 Å². The fourth-order valence-corrected chi connectivity index (χ4v) is 5.57. The SMILES string of the molecule is C=C1CCCN1C(=O)[C@@H](NC(=O)NC1([CH2-])CCCCC1)C(C)(C)C.[Os]=[C]1CCCCCC1. The molecule has 2 aliphatic carbocycles. The number of rotatable bonds is 3. The summed E-state index contributed by atoms with van der Waals surface area (Å²) in [4.78, 5) is 27.2. The van der Waals surface area contributed by atoms with Gasteiger partial charge in [-0.1, -0.05) is 65.0 Å². The zero-order valence-corrected chi connectivity index (χ0v) is 23.0. The Hall–Kier alpha value is -1.01. The number of hydrogen-bond acceptors (Lipinski definition) is 2. The van der Waals surface area contributed by atoms with Gasteiger partial charge >= 0.3 is 66.8 Å². The summed E-state index contributed by atoms with van der Waals surface area (Å²) in [6, 6.07) is -0.885. The summed E-state index contributed by atoms with van der Waals surface area (Å²) in [6.07, 6.45) is 15.6. The number of nitrogens with zero attached hydrogens (tertiary/aromatic N) is 1. The molecule has 32 heavy (non-hydrogen) atoms. The fraction of sp³-hybridized carbons (Fsp3) is 0.769. The van der Waals surface area contributed by atoms with Crippen molar-refractivity contribution in [2.75, 3.05) is 6.54 Å². The maximum absolute atomic E-state index is 12.9. The molecule has 0 spiro atoms. The van der Waals surface area contributed by atoms with Crippen molar-refractivity contribution in [1.82, 2.24) is 15.5 Å². The average molecular weight is 621 g/mol. The maximum atomic E-state index is 12.9. The van der Waals surface area contributed by atoms with E-state index in [0.717, 1.165) is 44.2 Å². The second-order valence-electron chi connectivity index (χ2n) is 10.8. The normalized spacial score (nSPS) is 22.3. The minimum absolute atomic E-state index is 0.0677. The van der Waals surface area contributed by atoms with Gasteiger partial charge in [-0.2, -0.15) is 0 Å². The molecule has 1 saturated heterocycles. The molecular weight excluding hydrogens is 577 g/mol. The molecule has 3 amide bonds. The number of likely N-dealkylation sites (tertiary alicyclic amines) is 1. The molecular formula is C26H44N3O2Os-. The number of urea groups is 1. The molecule has 1 aliphatic heterocycles. The van der Waals surface area contributed by atoms with E-state index in [1.54, 1.807) is 8.97 Å². The van der Waals surface area contributed by atoms with E-state index in [0.29, 0.717) is 6.54 Å². The molecule has 0 radical (unpaired) electrons. The van der Waals surface area contributed by atoms with Crippen LogP contribution in [0.2, 0.25) is 0 Å². The first kappa shape index (κ1) is 27.2. The summed E-state index contributed by atoms with van der Waals surface area (Å²) < 4.78 is 1.75. The van der Waals surface area contributed by atoms with Crippen LogP contribution in [0.15, 0.2) is 12.3 Å². The molecule has 3 rings (SSSR count). The monoisotopic (exact) mass is 622 g/mol. The zero-order chi connectivity index (χ0) is 23.8. The quantitative estimate of drug-likeness (QED) is 0.327. The van der Waals surface area contributed by atoms with E-state index < -0.39 is 11.6 Å².